The van der Waals surface area contributed by atoms with Gasteiger partial charge < -0.3 is 9.80 Å². The van der Waals surface area contributed by atoms with Crippen molar-refractivity contribution >= 4 is 0 Å². The van der Waals surface area contributed by atoms with E-state index in [1.807, 2.05) is 0 Å². The third-order valence-electron chi connectivity index (χ3n) is 6.62. The van der Waals surface area contributed by atoms with Crippen molar-refractivity contribution in [1.82, 2.24) is 9.80 Å². The van der Waals surface area contributed by atoms with Crippen LogP contribution in [0.1, 0.15) is 80.1 Å². The maximum absolute atomic E-state index is 2.68. The molecule has 0 atom stereocenters. The van der Waals surface area contributed by atoms with Gasteiger partial charge in [-0.05, 0) is 87.2 Å². The van der Waals surface area contributed by atoms with Gasteiger partial charge in [0.05, 0.1) is 0 Å². The summed E-state index contributed by atoms with van der Waals surface area (Å²) >= 11 is 0. The first-order valence-corrected chi connectivity index (χ1v) is 10.9. The van der Waals surface area contributed by atoms with E-state index in [0.717, 1.165) is 17.8 Å². The van der Waals surface area contributed by atoms with E-state index in [1.54, 1.807) is 0 Å². The summed E-state index contributed by atoms with van der Waals surface area (Å²) < 4.78 is 0. The molecule has 0 bridgehead atoms. The molecule has 1 heterocycles. The van der Waals surface area contributed by atoms with Crippen LogP contribution in [0.5, 0.6) is 0 Å². The highest BCUT2D eigenvalue weighted by Gasteiger charge is 2.30. The highest BCUT2D eigenvalue weighted by molar-refractivity contribution is 4.82. The number of hydrogen-bond acceptors (Lipinski definition) is 2. The van der Waals surface area contributed by atoms with Gasteiger partial charge in [0.15, 0.2) is 0 Å². The molecule has 25 heavy (non-hydrogen) atoms. The SMILES string of the molecule is CN(CC1CCC(C(C)(C)C)CC1)CC1CCN(CC(C)(C)C)CC1. The first-order valence-electron chi connectivity index (χ1n) is 10.9. The fourth-order valence-corrected chi connectivity index (χ4v) is 5.17. The molecular formula is C23H46N2. The van der Waals surface area contributed by atoms with Crippen molar-refractivity contribution in [1.29, 1.82) is 0 Å². The lowest BCUT2D eigenvalue weighted by Crippen LogP contribution is -2.42. The first kappa shape index (κ1) is 21.2. The van der Waals surface area contributed by atoms with Gasteiger partial charge in [-0.3, -0.25) is 0 Å². The molecule has 2 nitrogen and oxygen atoms in total. The van der Waals surface area contributed by atoms with E-state index < -0.39 is 0 Å². The Kier molecular flexibility index (Phi) is 7.42. The van der Waals surface area contributed by atoms with E-state index in [1.165, 1.54) is 71.2 Å². The van der Waals surface area contributed by atoms with Crippen LogP contribution in [-0.4, -0.2) is 49.6 Å². The van der Waals surface area contributed by atoms with Crippen molar-refractivity contribution in [3.05, 3.63) is 0 Å². The molecule has 1 aliphatic heterocycles. The molecule has 0 aromatic carbocycles. The van der Waals surface area contributed by atoms with Gasteiger partial charge in [-0.15, -0.1) is 0 Å². The number of hydrogen-bond donors (Lipinski definition) is 0. The van der Waals surface area contributed by atoms with Crippen molar-refractivity contribution in [2.45, 2.75) is 80.1 Å². The van der Waals surface area contributed by atoms with Gasteiger partial charge in [-0.25, -0.2) is 0 Å². The number of nitrogens with zero attached hydrogens (tertiary/aromatic N) is 2. The molecule has 0 N–H and O–H groups in total. The molecule has 0 radical (unpaired) electrons. The average molecular weight is 351 g/mol. The Balaban J connectivity index is 1.64. The Morgan fingerprint density at radius 2 is 1.24 bits per heavy atom. The Hall–Kier alpha value is -0.0800. The molecule has 1 saturated heterocycles. The van der Waals surface area contributed by atoms with Crippen LogP contribution in [0.3, 0.4) is 0 Å². The summed E-state index contributed by atoms with van der Waals surface area (Å²) in [5, 5.41) is 0. The quantitative estimate of drug-likeness (QED) is 0.643. The molecule has 1 saturated carbocycles. The highest BCUT2D eigenvalue weighted by Crippen LogP contribution is 2.40. The molecule has 0 aromatic rings. The molecule has 0 spiro atoms. The maximum atomic E-state index is 2.68. The zero-order valence-corrected chi connectivity index (χ0v) is 18.4. The molecule has 2 rings (SSSR count). The van der Waals surface area contributed by atoms with Crippen molar-refractivity contribution in [2.24, 2.45) is 28.6 Å². The first-order chi connectivity index (χ1) is 11.5. The molecule has 148 valence electrons. The van der Waals surface area contributed by atoms with Gasteiger partial charge in [0, 0.05) is 19.6 Å². The Bertz CT molecular complexity index is 374. The molecule has 2 aliphatic rings. The van der Waals surface area contributed by atoms with Crippen LogP contribution in [0, 0.1) is 28.6 Å². The molecule has 0 unspecified atom stereocenters. The lowest BCUT2D eigenvalue weighted by atomic mass is 9.70. The van der Waals surface area contributed by atoms with E-state index in [4.69, 9.17) is 0 Å². The van der Waals surface area contributed by atoms with Crippen molar-refractivity contribution in [3.8, 4) is 0 Å². The number of likely N-dealkylation sites (tertiary alicyclic amines) is 1. The normalized spacial score (nSPS) is 27.8. The van der Waals surface area contributed by atoms with Crippen LogP contribution in [0.4, 0.5) is 0 Å². The predicted octanol–water partition coefficient (Wildman–Crippen LogP) is 5.53. The van der Waals surface area contributed by atoms with Crippen LogP contribution in [0.15, 0.2) is 0 Å². The van der Waals surface area contributed by atoms with Gasteiger partial charge in [-0.1, -0.05) is 41.5 Å². The summed E-state index contributed by atoms with van der Waals surface area (Å²) in [5.41, 5.74) is 0.952. The Labute approximate surface area is 158 Å². The minimum atomic E-state index is 0.440. The molecule has 1 aliphatic carbocycles. The van der Waals surface area contributed by atoms with Gasteiger partial charge in [0.2, 0.25) is 0 Å². The third kappa shape index (κ3) is 7.59. The molecule has 2 fully saturated rings. The molecule has 0 amide bonds. The van der Waals surface area contributed by atoms with E-state index in [9.17, 15) is 0 Å². The van der Waals surface area contributed by atoms with E-state index in [0.29, 0.717) is 10.8 Å². The van der Waals surface area contributed by atoms with Crippen LogP contribution < -0.4 is 0 Å². The number of piperidine rings is 1. The van der Waals surface area contributed by atoms with Crippen LogP contribution in [0.2, 0.25) is 0 Å². The van der Waals surface area contributed by atoms with E-state index in [-0.39, 0.29) is 0 Å². The monoisotopic (exact) mass is 350 g/mol. The van der Waals surface area contributed by atoms with E-state index in [2.05, 4.69) is 58.4 Å². The minimum absolute atomic E-state index is 0.440. The smallest absolute Gasteiger partial charge is 0.00300 e. The molecular weight excluding hydrogens is 304 g/mol. The zero-order valence-electron chi connectivity index (χ0n) is 18.4. The van der Waals surface area contributed by atoms with Gasteiger partial charge >= 0.3 is 0 Å². The average Bonchev–Trinajstić information content (AvgIpc) is 2.47. The van der Waals surface area contributed by atoms with Gasteiger partial charge in [0.1, 0.15) is 0 Å². The third-order valence-corrected chi connectivity index (χ3v) is 6.62. The van der Waals surface area contributed by atoms with Crippen molar-refractivity contribution in [2.75, 3.05) is 39.8 Å². The number of rotatable bonds is 5. The fourth-order valence-electron chi connectivity index (χ4n) is 5.17. The largest absolute Gasteiger partial charge is 0.306 e. The lowest BCUT2D eigenvalue weighted by Gasteiger charge is -2.39. The summed E-state index contributed by atoms with van der Waals surface area (Å²) in [6, 6.07) is 0. The van der Waals surface area contributed by atoms with E-state index >= 15 is 0 Å². The van der Waals surface area contributed by atoms with Crippen molar-refractivity contribution in [3.63, 3.8) is 0 Å². The summed E-state index contributed by atoms with van der Waals surface area (Å²) in [6.45, 7) is 20.9. The van der Waals surface area contributed by atoms with Gasteiger partial charge in [-0.2, -0.15) is 0 Å². The standard InChI is InChI=1S/C23H46N2/c1-22(2,3)18-25-14-12-20(13-15-25)17-24(7)16-19-8-10-21(11-9-19)23(4,5)6/h19-21H,8-18H2,1-7H3. The summed E-state index contributed by atoms with van der Waals surface area (Å²) in [5.74, 6) is 2.82. The Morgan fingerprint density at radius 3 is 1.68 bits per heavy atom. The summed E-state index contributed by atoms with van der Waals surface area (Å²) in [6.07, 6.45) is 8.61. The maximum Gasteiger partial charge on any atom is 0.00300 e. The van der Waals surface area contributed by atoms with Gasteiger partial charge in [0.25, 0.3) is 0 Å². The second kappa shape index (κ2) is 8.74. The van der Waals surface area contributed by atoms with Crippen molar-refractivity contribution < 1.29 is 0 Å². The second-order valence-corrected chi connectivity index (χ2v) is 11.6. The summed E-state index contributed by atoms with van der Waals surface area (Å²) in [4.78, 5) is 5.34. The zero-order chi connectivity index (χ0) is 18.7. The fraction of sp³-hybridized carbons (Fsp3) is 1.00. The highest BCUT2D eigenvalue weighted by atomic mass is 15.1. The summed E-state index contributed by atoms with van der Waals surface area (Å²) in [7, 11) is 2.37. The minimum Gasteiger partial charge on any atom is -0.306 e. The molecule has 0 aromatic heterocycles. The van der Waals surface area contributed by atoms with Crippen LogP contribution in [-0.2, 0) is 0 Å². The van der Waals surface area contributed by atoms with Crippen LogP contribution in [0.25, 0.3) is 0 Å². The van der Waals surface area contributed by atoms with Crippen LogP contribution >= 0.6 is 0 Å². The Morgan fingerprint density at radius 1 is 0.760 bits per heavy atom. The predicted molar refractivity (Wildman–Crippen MR) is 111 cm³/mol. The lowest BCUT2D eigenvalue weighted by molar-refractivity contribution is 0.103. The molecule has 2 heteroatoms. The topological polar surface area (TPSA) is 6.48 Å². The second-order valence-electron chi connectivity index (χ2n) is 11.6.